The number of hydrogen-bond donors (Lipinski definition) is 0. The minimum Gasteiger partial charge on any atom is -0.381 e. The molecule has 0 aliphatic carbocycles. The molecule has 0 bridgehead atoms. The number of ether oxygens (including phenoxy) is 1. The molecule has 0 aliphatic heterocycles. The molecule has 14 heavy (non-hydrogen) atoms. The predicted octanol–water partition coefficient (Wildman–Crippen LogP) is 4.11. The van der Waals surface area contributed by atoms with Crippen LogP contribution in [0.2, 0.25) is 0 Å². The Hall–Kier alpha value is 0.440. The number of hydrogen-bond acceptors (Lipinski definition) is 1. The minimum atomic E-state index is 0.753. The first-order valence-electron chi connectivity index (χ1n) is 5.71. The van der Waals surface area contributed by atoms with Crippen molar-refractivity contribution in [3.8, 4) is 0 Å². The lowest BCUT2D eigenvalue weighted by molar-refractivity contribution is 0.108. The average Bonchev–Trinajstić information content (AvgIpc) is 2.10. The molecule has 1 nitrogen and oxygen atoms in total. The summed E-state index contributed by atoms with van der Waals surface area (Å²) in [6.45, 7) is 10.9. The van der Waals surface area contributed by atoms with Gasteiger partial charge in [0.15, 0.2) is 0 Å². The van der Waals surface area contributed by atoms with Gasteiger partial charge in [-0.3, -0.25) is 0 Å². The van der Waals surface area contributed by atoms with Crippen LogP contribution in [0.15, 0.2) is 0 Å². The lowest BCUT2D eigenvalue weighted by atomic mass is 9.95. The van der Waals surface area contributed by atoms with E-state index in [-0.39, 0.29) is 0 Å². The van der Waals surface area contributed by atoms with Gasteiger partial charge in [0.05, 0.1) is 0 Å². The van der Waals surface area contributed by atoms with Crippen molar-refractivity contribution in [3.05, 3.63) is 0 Å². The fourth-order valence-electron chi connectivity index (χ4n) is 1.24. The van der Waals surface area contributed by atoms with Gasteiger partial charge in [-0.1, -0.05) is 43.6 Å². The first-order valence-corrected chi connectivity index (χ1v) is 6.83. The maximum absolute atomic E-state index is 5.61. The van der Waals surface area contributed by atoms with E-state index in [1.165, 1.54) is 12.8 Å². The summed E-state index contributed by atoms with van der Waals surface area (Å²) in [5.41, 5.74) is 0. The van der Waals surface area contributed by atoms with Gasteiger partial charge in [-0.05, 0) is 30.6 Å². The molecule has 1 atom stereocenters. The highest BCUT2D eigenvalue weighted by Gasteiger charge is 2.11. The lowest BCUT2D eigenvalue weighted by Crippen LogP contribution is -2.13. The van der Waals surface area contributed by atoms with Crippen molar-refractivity contribution < 1.29 is 4.74 Å². The molecule has 86 valence electrons. The molecular weight excluding hydrogens is 240 g/mol. The lowest BCUT2D eigenvalue weighted by Gasteiger charge is -2.17. The Kier molecular flexibility index (Phi) is 9.00. The van der Waals surface area contributed by atoms with E-state index in [0.717, 1.165) is 36.3 Å². The minimum absolute atomic E-state index is 0.753. The van der Waals surface area contributed by atoms with E-state index in [1.807, 2.05) is 0 Å². The third-order valence-corrected chi connectivity index (χ3v) is 3.45. The van der Waals surface area contributed by atoms with E-state index < -0.39 is 0 Å². The van der Waals surface area contributed by atoms with Gasteiger partial charge in [0, 0.05) is 18.5 Å². The monoisotopic (exact) mass is 264 g/mol. The van der Waals surface area contributed by atoms with Crippen molar-refractivity contribution in [1.29, 1.82) is 0 Å². The molecule has 0 spiro atoms. The molecule has 0 amide bonds. The zero-order valence-corrected chi connectivity index (χ0v) is 11.6. The molecule has 0 saturated carbocycles. The highest BCUT2D eigenvalue weighted by Crippen LogP contribution is 2.17. The van der Waals surface area contributed by atoms with Crippen molar-refractivity contribution in [1.82, 2.24) is 0 Å². The van der Waals surface area contributed by atoms with Crippen LogP contribution in [0.4, 0.5) is 0 Å². The molecule has 0 aromatic heterocycles. The summed E-state index contributed by atoms with van der Waals surface area (Å²) in [6, 6.07) is 0. The molecule has 0 aliphatic rings. The second kappa shape index (κ2) is 8.72. The van der Waals surface area contributed by atoms with Crippen molar-refractivity contribution in [2.45, 2.75) is 40.5 Å². The summed E-state index contributed by atoms with van der Waals surface area (Å²) in [7, 11) is 0. The van der Waals surface area contributed by atoms with Gasteiger partial charge in [-0.2, -0.15) is 0 Å². The second-order valence-electron chi connectivity index (χ2n) is 4.74. The van der Waals surface area contributed by atoms with Crippen LogP contribution in [-0.4, -0.2) is 18.5 Å². The standard InChI is InChI=1S/C12H25BrO/c1-10(2)5-7-14-8-6-12(9-13)11(3)4/h10-12H,5-9H2,1-4H3. The molecule has 2 heteroatoms. The Labute approximate surface area is 97.7 Å². The molecule has 0 fully saturated rings. The molecule has 0 N–H and O–H groups in total. The molecule has 0 heterocycles. The molecule has 0 aromatic carbocycles. The Balaban J connectivity index is 3.33. The van der Waals surface area contributed by atoms with Gasteiger partial charge in [-0.25, -0.2) is 0 Å². The second-order valence-corrected chi connectivity index (χ2v) is 5.39. The molecule has 0 saturated heterocycles. The van der Waals surface area contributed by atoms with Crippen LogP contribution in [0.25, 0.3) is 0 Å². The van der Waals surface area contributed by atoms with Gasteiger partial charge in [0.2, 0.25) is 0 Å². The first-order chi connectivity index (χ1) is 6.57. The summed E-state index contributed by atoms with van der Waals surface area (Å²) in [5, 5.41) is 1.10. The third kappa shape index (κ3) is 7.81. The van der Waals surface area contributed by atoms with Crippen molar-refractivity contribution in [2.24, 2.45) is 17.8 Å². The summed E-state index contributed by atoms with van der Waals surface area (Å²) >= 11 is 3.55. The smallest absolute Gasteiger partial charge is 0.0469 e. The van der Waals surface area contributed by atoms with E-state index in [4.69, 9.17) is 4.74 Å². The SMILES string of the molecule is CC(C)CCOCCC(CBr)C(C)C. The fourth-order valence-corrected chi connectivity index (χ4v) is 2.32. The zero-order chi connectivity index (χ0) is 11.0. The highest BCUT2D eigenvalue weighted by molar-refractivity contribution is 9.09. The van der Waals surface area contributed by atoms with Crippen LogP contribution >= 0.6 is 15.9 Å². The van der Waals surface area contributed by atoms with E-state index >= 15 is 0 Å². The van der Waals surface area contributed by atoms with Crippen LogP contribution < -0.4 is 0 Å². The van der Waals surface area contributed by atoms with E-state index in [1.54, 1.807) is 0 Å². The summed E-state index contributed by atoms with van der Waals surface area (Å²) < 4.78 is 5.61. The molecule has 0 radical (unpaired) electrons. The van der Waals surface area contributed by atoms with Crippen LogP contribution in [0.1, 0.15) is 40.5 Å². The summed E-state index contributed by atoms with van der Waals surface area (Å²) in [5.74, 6) is 2.27. The average molecular weight is 265 g/mol. The Morgan fingerprint density at radius 2 is 1.57 bits per heavy atom. The summed E-state index contributed by atoms with van der Waals surface area (Å²) in [4.78, 5) is 0. The largest absolute Gasteiger partial charge is 0.381 e. The van der Waals surface area contributed by atoms with Crippen molar-refractivity contribution in [3.63, 3.8) is 0 Å². The highest BCUT2D eigenvalue weighted by atomic mass is 79.9. The van der Waals surface area contributed by atoms with Crippen LogP contribution in [0, 0.1) is 17.8 Å². The Morgan fingerprint density at radius 1 is 1.00 bits per heavy atom. The number of halogens is 1. The van der Waals surface area contributed by atoms with Crippen molar-refractivity contribution in [2.75, 3.05) is 18.5 Å². The quantitative estimate of drug-likeness (QED) is 0.474. The first kappa shape index (κ1) is 14.4. The number of rotatable bonds is 8. The molecule has 1 unspecified atom stereocenters. The normalized spacial score (nSPS) is 13.9. The number of alkyl halides is 1. The van der Waals surface area contributed by atoms with Crippen LogP contribution in [0.3, 0.4) is 0 Å². The van der Waals surface area contributed by atoms with Gasteiger partial charge >= 0.3 is 0 Å². The van der Waals surface area contributed by atoms with E-state index in [2.05, 4.69) is 43.6 Å². The third-order valence-electron chi connectivity index (χ3n) is 2.61. The maximum atomic E-state index is 5.61. The fraction of sp³-hybridized carbons (Fsp3) is 1.00. The van der Waals surface area contributed by atoms with Gasteiger partial charge < -0.3 is 4.74 Å². The van der Waals surface area contributed by atoms with Gasteiger partial charge in [0.25, 0.3) is 0 Å². The van der Waals surface area contributed by atoms with E-state index in [9.17, 15) is 0 Å². The Bertz CT molecular complexity index is 123. The van der Waals surface area contributed by atoms with E-state index in [0.29, 0.717) is 0 Å². The zero-order valence-electron chi connectivity index (χ0n) is 10.1. The van der Waals surface area contributed by atoms with Crippen LogP contribution in [-0.2, 0) is 4.74 Å². The molecule has 0 aromatic rings. The predicted molar refractivity (Wildman–Crippen MR) is 67.0 cm³/mol. The van der Waals surface area contributed by atoms with Gasteiger partial charge in [0.1, 0.15) is 0 Å². The summed E-state index contributed by atoms with van der Waals surface area (Å²) in [6.07, 6.45) is 2.36. The molecule has 0 rings (SSSR count). The van der Waals surface area contributed by atoms with Gasteiger partial charge in [-0.15, -0.1) is 0 Å². The topological polar surface area (TPSA) is 9.23 Å². The maximum Gasteiger partial charge on any atom is 0.0469 e. The Morgan fingerprint density at radius 3 is 2.00 bits per heavy atom. The van der Waals surface area contributed by atoms with Crippen LogP contribution in [0.5, 0.6) is 0 Å². The molecular formula is C12H25BrO. The van der Waals surface area contributed by atoms with Crippen molar-refractivity contribution >= 4 is 15.9 Å².